The molecule has 0 aliphatic carbocycles. The summed E-state index contributed by atoms with van der Waals surface area (Å²) in [5.74, 6) is 1.06. The second-order valence-electron chi connectivity index (χ2n) is 5.75. The molecule has 0 saturated carbocycles. The lowest BCUT2D eigenvalue weighted by molar-refractivity contribution is 0.140. The predicted octanol–water partition coefficient (Wildman–Crippen LogP) is 2.18. The highest BCUT2D eigenvalue weighted by molar-refractivity contribution is 5.39. The molecule has 0 saturated heterocycles. The van der Waals surface area contributed by atoms with Gasteiger partial charge in [-0.05, 0) is 51.1 Å². The molecule has 2 rings (SSSR count). The van der Waals surface area contributed by atoms with Gasteiger partial charge < -0.3 is 10.5 Å². The van der Waals surface area contributed by atoms with Crippen molar-refractivity contribution in [3.8, 4) is 5.75 Å². The Morgan fingerprint density at radius 3 is 2.89 bits per heavy atom. The monoisotopic (exact) mass is 248 g/mol. The van der Waals surface area contributed by atoms with Gasteiger partial charge in [0.2, 0.25) is 0 Å². The molecule has 0 unspecified atom stereocenters. The van der Waals surface area contributed by atoms with Crippen LogP contribution in [-0.2, 0) is 13.0 Å². The molecule has 0 spiro atoms. The molecule has 1 heterocycles. The first-order valence-corrected chi connectivity index (χ1v) is 6.69. The molecule has 0 radical (unpaired) electrons. The van der Waals surface area contributed by atoms with E-state index in [0.29, 0.717) is 0 Å². The van der Waals surface area contributed by atoms with Crippen molar-refractivity contribution in [3.63, 3.8) is 0 Å². The molecule has 0 fully saturated rings. The minimum absolute atomic E-state index is 0.143. The Labute approximate surface area is 110 Å². The van der Waals surface area contributed by atoms with Crippen molar-refractivity contribution in [1.82, 2.24) is 4.90 Å². The Morgan fingerprint density at radius 1 is 1.39 bits per heavy atom. The molecule has 3 nitrogen and oxygen atoms in total. The summed E-state index contributed by atoms with van der Waals surface area (Å²) in [6.07, 6.45) is 2.05. The van der Waals surface area contributed by atoms with Crippen LogP contribution in [0.4, 0.5) is 0 Å². The second kappa shape index (κ2) is 5.29. The fourth-order valence-electron chi connectivity index (χ4n) is 2.37. The van der Waals surface area contributed by atoms with Crippen molar-refractivity contribution >= 4 is 0 Å². The van der Waals surface area contributed by atoms with Crippen molar-refractivity contribution in [2.24, 2.45) is 5.73 Å². The van der Waals surface area contributed by atoms with Gasteiger partial charge in [0.25, 0.3) is 0 Å². The number of nitrogens with two attached hydrogens (primary N) is 1. The topological polar surface area (TPSA) is 38.5 Å². The van der Waals surface area contributed by atoms with E-state index in [-0.39, 0.29) is 5.54 Å². The van der Waals surface area contributed by atoms with Crippen molar-refractivity contribution in [2.45, 2.75) is 38.8 Å². The SMILES string of the molecule is CN(Cc1ccc2c(c1)CCO2)C(C)(C)CCN. The lowest BCUT2D eigenvalue weighted by Gasteiger charge is -2.35. The third kappa shape index (κ3) is 2.85. The van der Waals surface area contributed by atoms with Gasteiger partial charge in [0, 0.05) is 18.5 Å². The van der Waals surface area contributed by atoms with Crippen molar-refractivity contribution in [1.29, 1.82) is 0 Å². The summed E-state index contributed by atoms with van der Waals surface area (Å²) in [4.78, 5) is 2.37. The average Bonchev–Trinajstić information content (AvgIpc) is 2.76. The number of ether oxygens (including phenoxy) is 1. The van der Waals surface area contributed by atoms with Gasteiger partial charge in [-0.25, -0.2) is 0 Å². The number of nitrogens with zero attached hydrogens (tertiary/aromatic N) is 1. The molecule has 0 aromatic heterocycles. The third-order valence-electron chi connectivity index (χ3n) is 3.96. The molecule has 1 aromatic rings. The molecule has 3 heteroatoms. The van der Waals surface area contributed by atoms with Crippen LogP contribution in [0.1, 0.15) is 31.4 Å². The van der Waals surface area contributed by atoms with Crippen LogP contribution in [0.5, 0.6) is 5.75 Å². The van der Waals surface area contributed by atoms with Gasteiger partial charge in [-0.1, -0.05) is 12.1 Å². The fraction of sp³-hybridized carbons (Fsp3) is 0.600. The average molecular weight is 248 g/mol. The molecule has 0 atom stereocenters. The van der Waals surface area contributed by atoms with Crippen LogP contribution in [0.25, 0.3) is 0 Å². The first kappa shape index (κ1) is 13.4. The van der Waals surface area contributed by atoms with E-state index >= 15 is 0 Å². The molecule has 2 N–H and O–H groups in total. The van der Waals surface area contributed by atoms with Gasteiger partial charge in [0.05, 0.1) is 6.61 Å². The maximum atomic E-state index is 5.68. The summed E-state index contributed by atoms with van der Waals surface area (Å²) in [6.45, 7) is 7.01. The highest BCUT2D eigenvalue weighted by Gasteiger charge is 2.23. The minimum Gasteiger partial charge on any atom is -0.493 e. The molecular weight excluding hydrogens is 224 g/mol. The quantitative estimate of drug-likeness (QED) is 0.868. The Kier molecular flexibility index (Phi) is 3.93. The number of hydrogen-bond acceptors (Lipinski definition) is 3. The summed E-state index contributed by atoms with van der Waals surface area (Å²) in [5.41, 5.74) is 8.52. The smallest absolute Gasteiger partial charge is 0.122 e. The van der Waals surface area contributed by atoms with Crippen molar-refractivity contribution in [2.75, 3.05) is 20.2 Å². The molecule has 0 bridgehead atoms. The number of hydrogen-bond donors (Lipinski definition) is 1. The molecule has 0 amide bonds. The van der Waals surface area contributed by atoms with Gasteiger partial charge >= 0.3 is 0 Å². The van der Waals surface area contributed by atoms with Gasteiger partial charge in [-0.3, -0.25) is 4.90 Å². The van der Waals surface area contributed by atoms with Crippen LogP contribution in [-0.4, -0.2) is 30.6 Å². The molecular formula is C15H24N2O. The van der Waals surface area contributed by atoms with Crippen LogP contribution >= 0.6 is 0 Å². The van der Waals surface area contributed by atoms with E-state index in [1.54, 1.807) is 0 Å². The maximum absolute atomic E-state index is 5.68. The highest BCUT2D eigenvalue weighted by Crippen LogP contribution is 2.27. The standard InChI is InChI=1S/C15H24N2O/c1-15(2,7-8-16)17(3)11-12-4-5-14-13(10-12)6-9-18-14/h4-5,10H,6-9,11,16H2,1-3H3. The van der Waals surface area contributed by atoms with E-state index in [4.69, 9.17) is 10.5 Å². The minimum atomic E-state index is 0.143. The van der Waals surface area contributed by atoms with E-state index < -0.39 is 0 Å². The van der Waals surface area contributed by atoms with E-state index in [0.717, 1.165) is 38.3 Å². The van der Waals surface area contributed by atoms with E-state index in [9.17, 15) is 0 Å². The fourth-order valence-corrected chi connectivity index (χ4v) is 2.37. The molecule has 18 heavy (non-hydrogen) atoms. The highest BCUT2D eigenvalue weighted by atomic mass is 16.5. The van der Waals surface area contributed by atoms with Gasteiger partial charge in [-0.15, -0.1) is 0 Å². The van der Waals surface area contributed by atoms with Gasteiger partial charge in [-0.2, -0.15) is 0 Å². The van der Waals surface area contributed by atoms with E-state index in [1.165, 1.54) is 11.1 Å². The number of fused-ring (bicyclic) bond motifs is 1. The molecule has 1 aliphatic rings. The zero-order valence-electron chi connectivity index (χ0n) is 11.7. The Morgan fingerprint density at radius 2 is 2.17 bits per heavy atom. The van der Waals surface area contributed by atoms with Crippen LogP contribution in [0.3, 0.4) is 0 Å². The predicted molar refractivity (Wildman–Crippen MR) is 74.9 cm³/mol. The molecule has 1 aromatic carbocycles. The van der Waals surface area contributed by atoms with Crippen LogP contribution in [0, 0.1) is 0 Å². The van der Waals surface area contributed by atoms with Crippen LogP contribution in [0.2, 0.25) is 0 Å². The third-order valence-corrected chi connectivity index (χ3v) is 3.96. The van der Waals surface area contributed by atoms with Crippen molar-refractivity contribution in [3.05, 3.63) is 29.3 Å². The number of benzene rings is 1. The zero-order valence-corrected chi connectivity index (χ0v) is 11.7. The van der Waals surface area contributed by atoms with Crippen LogP contribution in [0.15, 0.2) is 18.2 Å². The lowest BCUT2D eigenvalue weighted by Crippen LogP contribution is -2.42. The first-order chi connectivity index (χ1) is 8.53. The van der Waals surface area contributed by atoms with Gasteiger partial charge in [0.15, 0.2) is 0 Å². The normalized spacial score (nSPS) is 14.7. The summed E-state index contributed by atoms with van der Waals surface area (Å²) in [7, 11) is 2.17. The lowest BCUT2D eigenvalue weighted by atomic mass is 9.97. The van der Waals surface area contributed by atoms with Gasteiger partial charge in [0.1, 0.15) is 5.75 Å². The Balaban J connectivity index is 2.05. The molecule has 1 aliphatic heterocycles. The zero-order chi connectivity index (χ0) is 13.2. The summed E-state index contributed by atoms with van der Waals surface area (Å²) < 4.78 is 5.53. The molecule has 100 valence electrons. The maximum Gasteiger partial charge on any atom is 0.122 e. The summed E-state index contributed by atoms with van der Waals surface area (Å²) in [6, 6.07) is 6.54. The van der Waals surface area contributed by atoms with E-state index in [1.807, 2.05) is 0 Å². The summed E-state index contributed by atoms with van der Waals surface area (Å²) >= 11 is 0. The first-order valence-electron chi connectivity index (χ1n) is 6.69. The summed E-state index contributed by atoms with van der Waals surface area (Å²) in [5, 5.41) is 0. The largest absolute Gasteiger partial charge is 0.493 e. The Bertz CT molecular complexity index is 415. The second-order valence-corrected chi connectivity index (χ2v) is 5.75. The van der Waals surface area contributed by atoms with E-state index in [2.05, 4.69) is 44.0 Å². The van der Waals surface area contributed by atoms with Crippen molar-refractivity contribution < 1.29 is 4.74 Å². The van der Waals surface area contributed by atoms with Crippen LogP contribution < -0.4 is 10.5 Å². The Hall–Kier alpha value is -1.06. The number of rotatable bonds is 5.